The summed E-state index contributed by atoms with van der Waals surface area (Å²) in [5.74, 6) is 0. The van der Waals surface area contributed by atoms with Gasteiger partial charge in [-0.15, -0.1) is 0 Å². The molecule has 0 amide bonds. The van der Waals surface area contributed by atoms with Gasteiger partial charge in [0.2, 0.25) is 0 Å². The fraction of sp³-hybridized carbons (Fsp3) is 1.00. The van der Waals surface area contributed by atoms with Gasteiger partial charge in [-0.05, 0) is 20.4 Å². The molecular formula is C10H22O4Si. The molecule has 1 aliphatic rings. The lowest BCUT2D eigenvalue weighted by molar-refractivity contribution is -0.212. The molecule has 0 aliphatic carbocycles. The van der Waals surface area contributed by atoms with Gasteiger partial charge in [0.15, 0.2) is 6.29 Å². The van der Waals surface area contributed by atoms with E-state index in [4.69, 9.17) is 18.3 Å². The summed E-state index contributed by atoms with van der Waals surface area (Å²) in [4.78, 5) is 0. The first kappa shape index (κ1) is 13.1. The smallest absolute Gasteiger partial charge is 0.337 e. The van der Waals surface area contributed by atoms with E-state index < -0.39 is 8.56 Å². The lowest BCUT2D eigenvalue weighted by atomic mass is 10.3. The Morgan fingerprint density at radius 3 is 2.27 bits per heavy atom. The Hall–Kier alpha value is 0.0569. The van der Waals surface area contributed by atoms with Crippen molar-refractivity contribution in [2.45, 2.75) is 39.1 Å². The van der Waals surface area contributed by atoms with Crippen LogP contribution in [0, 0.1) is 0 Å². The van der Waals surface area contributed by atoms with Gasteiger partial charge in [0.25, 0.3) is 0 Å². The van der Waals surface area contributed by atoms with Crippen LogP contribution < -0.4 is 0 Å². The molecule has 1 aliphatic heterocycles. The molecule has 1 rings (SSSR count). The van der Waals surface area contributed by atoms with Crippen LogP contribution in [0.4, 0.5) is 0 Å². The Labute approximate surface area is 93.1 Å². The first-order chi connectivity index (χ1) is 7.20. The van der Waals surface area contributed by atoms with Crippen LogP contribution in [0.3, 0.4) is 0 Å². The molecule has 1 heterocycles. The Morgan fingerprint density at radius 2 is 1.87 bits per heavy atom. The SMILES string of the molecule is CCO[Si](C)(CCOC1CCO1)OCC. The second kappa shape index (κ2) is 6.60. The molecule has 4 nitrogen and oxygen atoms in total. The summed E-state index contributed by atoms with van der Waals surface area (Å²) in [6, 6.07) is 0.870. The van der Waals surface area contributed by atoms with Gasteiger partial charge in [0.05, 0.1) is 13.2 Å². The van der Waals surface area contributed by atoms with Gasteiger partial charge in [-0.1, -0.05) is 0 Å². The van der Waals surface area contributed by atoms with Crippen molar-refractivity contribution in [3.63, 3.8) is 0 Å². The van der Waals surface area contributed by atoms with Crippen molar-refractivity contribution >= 4 is 8.56 Å². The second-order valence-electron chi connectivity index (χ2n) is 3.71. The molecule has 0 aromatic carbocycles. The third kappa shape index (κ3) is 4.61. The fourth-order valence-corrected chi connectivity index (χ4v) is 3.60. The van der Waals surface area contributed by atoms with Crippen LogP contribution in [-0.2, 0) is 18.3 Å². The molecule has 0 aromatic rings. The van der Waals surface area contributed by atoms with E-state index >= 15 is 0 Å². The summed E-state index contributed by atoms with van der Waals surface area (Å²) in [5.41, 5.74) is 0. The maximum Gasteiger partial charge on any atom is 0.337 e. The molecule has 90 valence electrons. The molecular weight excluding hydrogens is 212 g/mol. The molecule has 0 N–H and O–H groups in total. The van der Waals surface area contributed by atoms with Crippen molar-refractivity contribution in [3.05, 3.63) is 0 Å². The maximum atomic E-state index is 5.70. The largest absolute Gasteiger partial charge is 0.395 e. The van der Waals surface area contributed by atoms with Crippen LogP contribution in [0.5, 0.6) is 0 Å². The molecule has 1 fully saturated rings. The van der Waals surface area contributed by atoms with Crippen LogP contribution in [0.25, 0.3) is 0 Å². The molecule has 0 saturated carbocycles. The van der Waals surface area contributed by atoms with Gasteiger partial charge in [-0.2, -0.15) is 0 Å². The summed E-state index contributed by atoms with van der Waals surface area (Å²) in [6.07, 6.45) is 1.04. The first-order valence-electron chi connectivity index (χ1n) is 5.71. The molecule has 5 heteroatoms. The van der Waals surface area contributed by atoms with E-state index in [-0.39, 0.29) is 6.29 Å². The number of rotatable bonds is 8. The maximum absolute atomic E-state index is 5.70. The van der Waals surface area contributed by atoms with Crippen LogP contribution in [0.2, 0.25) is 12.6 Å². The topological polar surface area (TPSA) is 36.9 Å². The Morgan fingerprint density at radius 1 is 1.27 bits per heavy atom. The number of hydrogen-bond donors (Lipinski definition) is 0. The zero-order valence-electron chi connectivity index (χ0n) is 9.95. The highest BCUT2D eigenvalue weighted by molar-refractivity contribution is 6.66. The van der Waals surface area contributed by atoms with Gasteiger partial charge < -0.3 is 18.3 Å². The molecule has 15 heavy (non-hydrogen) atoms. The fourth-order valence-electron chi connectivity index (χ4n) is 1.52. The van der Waals surface area contributed by atoms with Gasteiger partial charge >= 0.3 is 8.56 Å². The Bertz CT molecular complexity index is 167. The van der Waals surface area contributed by atoms with E-state index in [1.807, 2.05) is 13.8 Å². The highest BCUT2D eigenvalue weighted by Crippen LogP contribution is 2.17. The van der Waals surface area contributed by atoms with E-state index in [1.54, 1.807) is 0 Å². The summed E-state index contributed by atoms with van der Waals surface area (Å²) in [6.45, 7) is 9.01. The van der Waals surface area contributed by atoms with E-state index in [0.717, 1.165) is 19.1 Å². The highest BCUT2D eigenvalue weighted by Gasteiger charge is 2.31. The molecule has 1 unspecified atom stereocenters. The van der Waals surface area contributed by atoms with Gasteiger partial charge in [0, 0.05) is 25.7 Å². The zero-order chi connectivity index (χ0) is 11.1. The Kier molecular flexibility index (Phi) is 5.77. The van der Waals surface area contributed by atoms with Crippen molar-refractivity contribution in [2.24, 2.45) is 0 Å². The van der Waals surface area contributed by atoms with Crippen molar-refractivity contribution in [2.75, 3.05) is 26.4 Å². The van der Waals surface area contributed by atoms with E-state index in [9.17, 15) is 0 Å². The molecule has 0 radical (unpaired) electrons. The number of hydrogen-bond acceptors (Lipinski definition) is 4. The van der Waals surface area contributed by atoms with Crippen molar-refractivity contribution in [1.82, 2.24) is 0 Å². The van der Waals surface area contributed by atoms with E-state index in [0.29, 0.717) is 19.8 Å². The third-order valence-corrected chi connectivity index (χ3v) is 5.33. The third-order valence-electron chi connectivity index (χ3n) is 2.42. The summed E-state index contributed by atoms with van der Waals surface area (Å²) >= 11 is 0. The first-order valence-corrected chi connectivity index (χ1v) is 8.23. The predicted octanol–water partition coefficient (Wildman–Crippen LogP) is 1.89. The van der Waals surface area contributed by atoms with Gasteiger partial charge in [-0.3, -0.25) is 0 Å². The average molecular weight is 234 g/mol. The number of ether oxygens (including phenoxy) is 2. The lowest BCUT2D eigenvalue weighted by Gasteiger charge is -2.29. The molecule has 1 atom stereocenters. The normalized spacial score (nSPS) is 21.4. The van der Waals surface area contributed by atoms with Crippen molar-refractivity contribution in [3.8, 4) is 0 Å². The average Bonchev–Trinajstić information content (AvgIpc) is 2.10. The Balaban J connectivity index is 2.17. The minimum absolute atomic E-state index is 0.0199. The lowest BCUT2D eigenvalue weighted by Crippen LogP contribution is -2.41. The molecule has 0 aromatic heterocycles. The van der Waals surface area contributed by atoms with Crippen molar-refractivity contribution < 1.29 is 18.3 Å². The monoisotopic (exact) mass is 234 g/mol. The zero-order valence-corrected chi connectivity index (χ0v) is 11.0. The highest BCUT2D eigenvalue weighted by atomic mass is 28.4. The van der Waals surface area contributed by atoms with Crippen LogP contribution >= 0.6 is 0 Å². The predicted molar refractivity (Wildman–Crippen MR) is 60.0 cm³/mol. The van der Waals surface area contributed by atoms with Crippen LogP contribution in [0.15, 0.2) is 0 Å². The van der Waals surface area contributed by atoms with Crippen LogP contribution in [0.1, 0.15) is 20.3 Å². The second-order valence-corrected chi connectivity index (χ2v) is 7.05. The summed E-state index contributed by atoms with van der Waals surface area (Å²) < 4.78 is 22.1. The van der Waals surface area contributed by atoms with E-state index in [1.165, 1.54) is 0 Å². The van der Waals surface area contributed by atoms with Crippen molar-refractivity contribution in [1.29, 1.82) is 0 Å². The van der Waals surface area contributed by atoms with Crippen LogP contribution in [-0.4, -0.2) is 41.3 Å². The van der Waals surface area contributed by atoms with Gasteiger partial charge in [0.1, 0.15) is 0 Å². The van der Waals surface area contributed by atoms with Gasteiger partial charge in [-0.25, -0.2) is 0 Å². The minimum Gasteiger partial charge on any atom is -0.395 e. The summed E-state index contributed by atoms with van der Waals surface area (Å²) in [5, 5.41) is 0. The standard InChI is InChI=1S/C10H22O4Si/c1-4-13-15(3,14-5-2)9-8-12-10-6-7-11-10/h10H,4-9H2,1-3H3. The minimum atomic E-state index is -1.99. The quantitative estimate of drug-likeness (QED) is 0.601. The molecule has 0 bridgehead atoms. The molecule has 1 saturated heterocycles. The molecule has 0 spiro atoms. The van der Waals surface area contributed by atoms with E-state index in [2.05, 4.69) is 6.55 Å². The summed E-state index contributed by atoms with van der Waals surface area (Å²) in [7, 11) is -1.99.